The van der Waals surface area contributed by atoms with Gasteiger partial charge in [-0.15, -0.1) is 0 Å². The zero-order valence-electron chi connectivity index (χ0n) is 9.55. The lowest BCUT2D eigenvalue weighted by Gasteiger charge is -2.10. The van der Waals surface area contributed by atoms with Crippen molar-refractivity contribution in [2.75, 3.05) is 5.32 Å². The van der Waals surface area contributed by atoms with Crippen LogP contribution >= 0.6 is 39.1 Å². The Morgan fingerprint density at radius 3 is 2.42 bits per heavy atom. The highest BCUT2D eigenvalue weighted by Crippen LogP contribution is 2.34. The molecule has 2 rings (SSSR count). The fraction of sp³-hybridized carbons (Fsp3) is 0.0769. The van der Waals surface area contributed by atoms with Gasteiger partial charge in [0.2, 0.25) is 0 Å². The lowest BCUT2D eigenvalue weighted by Crippen LogP contribution is -2.00. The number of phenolic OH excluding ortho intramolecular Hbond substituents is 1. The van der Waals surface area contributed by atoms with E-state index in [0.29, 0.717) is 12.2 Å². The van der Waals surface area contributed by atoms with Crippen molar-refractivity contribution in [3.8, 4) is 5.75 Å². The Hall–Kier alpha value is -0.970. The summed E-state index contributed by atoms with van der Waals surface area (Å²) in [5.41, 5.74) is 1.41. The van der Waals surface area contributed by atoms with Crippen molar-refractivity contribution < 1.29 is 9.50 Å². The third kappa shape index (κ3) is 3.53. The van der Waals surface area contributed by atoms with Crippen LogP contribution < -0.4 is 5.32 Å². The second-order valence-corrected chi connectivity index (χ2v) is 5.55. The average molecular weight is 365 g/mol. The summed E-state index contributed by atoms with van der Waals surface area (Å²) in [5.74, 6) is -0.456. The predicted octanol–water partition coefficient (Wildman–Crippen LogP) is 5.21. The van der Waals surface area contributed by atoms with Gasteiger partial charge in [-0.05, 0) is 35.9 Å². The van der Waals surface area contributed by atoms with Crippen LogP contribution in [0.4, 0.5) is 10.1 Å². The molecular formula is C13H9BrCl2FNO. The molecule has 0 spiro atoms. The SMILES string of the molecule is Oc1c(Cl)cc(NCc2cc(F)ccc2Br)cc1Cl. The van der Waals surface area contributed by atoms with Crippen molar-refractivity contribution in [3.63, 3.8) is 0 Å². The first-order valence-electron chi connectivity index (χ1n) is 5.33. The van der Waals surface area contributed by atoms with E-state index in [1.807, 2.05) is 0 Å². The molecule has 0 aromatic heterocycles. The van der Waals surface area contributed by atoms with Crippen molar-refractivity contribution in [2.45, 2.75) is 6.54 Å². The first-order chi connectivity index (χ1) is 8.97. The standard InChI is InChI=1S/C13H9BrCl2FNO/c14-10-2-1-8(17)3-7(10)6-18-9-4-11(15)13(19)12(16)5-9/h1-5,18-19H,6H2. The van der Waals surface area contributed by atoms with E-state index in [-0.39, 0.29) is 21.6 Å². The minimum atomic E-state index is -0.304. The first kappa shape index (κ1) is 14.4. The van der Waals surface area contributed by atoms with Crippen LogP contribution in [-0.2, 0) is 6.54 Å². The van der Waals surface area contributed by atoms with Gasteiger partial charge in [0.15, 0.2) is 5.75 Å². The van der Waals surface area contributed by atoms with Gasteiger partial charge in [-0.2, -0.15) is 0 Å². The topological polar surface area (TPSA) is 32.3 Å². The fourth-order valence-electron chi connectivity index (χ4n) is 1.54. The molecule has 6 heteroatoms. The van der Waals surface area contributed by atoms with Gasteiger partial charge >= 0.3 is 0 Å². The highest BCUT2D eigenvalue weighted by Gasteiger charge is 2.07. The van der Waals surface area contributed by atoms with E-state index in [9.17, 15) is 9.50 Å². The van der Waals surface area contributed by atoms with Gasteiger partial charge < -0.3 is 10.4 Å². The molecule has 0 amide bonds. The number of nitrogens with one attached hydrogen (secondary N) is 1. The Kier molecular flexibility index (Phi) is 4.55. The van der Waals surface area contributed by atoms with Crippen LogP contribution in [0.15, 0.2) is 34.8 Å². The molecule has 0 fully saturated rings. The van der Waals surface area contributed by atoms with Gasteiger partial charge in [0, 0.05) is 16.7 Å². The Balaban J connectivity index is 2.17. The van der Waals surface area contributed by atoms with Crippen LogP contribution in [0, 0.1) is 5.82 Å². The van der Waals surface area contributed by atoms with Crippen LogP contribution in [0.3, 0.4) is 0 Å². The summed E-state index contributed by atoms with van der Waals surface area (Å²) in [6.07, 6.45) is 0. The molecule has 2 nitrogen and oxygen atoms in total. The number of aromatic hydroxyl groups is 1. The number of phenols is 1. The quantitative estimate of drug-likeness (QED) is 0.732. The second kappa shape index (κ2) is 5.99. The van der Waals surface area contributed by atoms with E-state index in [1.165, 1.54) is 12.1 Å². The molecule has 19 heavy (non-hydrogen) atoms. The van der Waals surface area contributed by atoms with Gasteiger partial charge in [0.05, 0.1) is 10.0 Å². The molecule has 0 saturated carbocycles. The molecule has 0 aliphatic heterocycles. The van der Waals surface area contributed by atoms with Crippen molar-refractivity contribution in [3.05, 3.63) is 56.2 Å². The monoisotopic (exact) mass is 363 g/mol. The van der Waals surface area contributed by atoms with Crippen LogP contribution in [0.5, 0.6) is 5.75 Å². The molecule has 0 atom stereocenters. The number of anilines is 1. The fourth-order valence-corrected chi connectivity index (χ4v) is 2.42. The first-order valence-corrected chi connectivity index (χ1v) is 6.88. The summed E-state index contributed by atoms with van der Waals surface area (Å²) in [4.78, 5) is 0. The van der Waals surface area contributed by atoms with Gasteiger partial charge in [-0.3, -0.25) is 0 Å². The van der Waals surface area contributed by atoms with Crippen LogP contribution in [0.1, 0.15) is 5.56 Å². The molecule has 2 aromatic rings. The van der Waals surface area contributed by atoms with Gasteiger partial charge in [-0.25, -0.2) is 4.39 Å². The maximum absolute atomic E-state index is 13.1. The van der Waals surface area contributed by atoms with Gasteiger partial charge in [-0.1, -0.05) is 39.1 Å². The third-order valence-corrected chi connectivity index (χ3v) is 3.86. The highest BCUT2D eigenvalue weighted by atomic mass is 79.9. The molecule has 0 saturated heterocycles. The highest BCUT2D eigenvalue weighted by molar-refractivity contribution is 9.10. The van der Waals surface area contributed by atoms with Crippen molar-refractivity contribution in [2.24, 2.45) is 0 Å². The summed E-state index contributed by atoms with van der Waals surface area (Å²) in [6.45, 7) is 0.399. The van der Waals surface area contributed by atoms with E-state index < -0.39 is 0 Å². The zero-order chi connectivity index (χ0) is 14.0. The Labute approximate surface area is 128 Å². The third-order valence-electron chi connectivity index (χ3n) is 2.51. The molecule has 2 N–H and O–H groups in total. The average Bonchev–Trinajstić information content (AvgIpc) is 2.37. The summed E-state index contributed by atoms with van der Waals surface area (Å²) in [5, 5.41) is 12.8. The number of hydrogen-bond acceptors (Lipinski definition) is 2. The lowest BCUT2D eigenvalue weighted by molar-refractivity contribution is 0.476. The summed E-state index contributed by atoms with van der Waals surface area (Å²) < 4.78 is 13.9. The molecule has 0 aliphatic rings. The van der Waals surface area contributed by atoms with Gasteiger partial charge in [0.25, 0.3) is 0 Å². The molecule has 2 aromatic carbocycles. The number of halogens is 4. The minimum Gasteiger partial charge on any atom is -0.505 e. The van der Waals surface area contributed by atoms with Crippen LogP contribution in [0.2, 0.25) is 10.0 Å². The molecule has 0 bridgehead atoms. The molecule has 0 radical (unpaired) electrons. The van der Waals surface area contributed by atoms with Crippen molar-refractivity contribution in [1.82, 2.24) is 0 Å². The zero-order valence-corrected chi connectivity index (χ0v) is 12.7. The maximum Gasteiger partial charge on any atom is 0.152 e. The maximum atomic E-state index is 13.1. The molecule has 0 unspecified atom stereocenters. The Bertz CT molecular complexity index is 599. The second-order valence-electron chi connectivity index (χ2n) is 3.88. The Morgan fingerprint density at radius 1 is 1.16 bits per heavy atom. The number of rotatable bonds is 3. The molecule has 100 valence electrons. The van der Waals surface area contributed by atoms with Gasteiger partial charge in [0.1, 0.15) is 5.82 Å². The predicted molar refractivity (Wildman–Crippen MR) is 79.6 cm³/mol. The molecular weight excluding hydrogens is 356 g/mol. The molecule has 0 aliphatic carbocycles. The van der Waals surface area contributed by atoms with E-state index in [4.69, 9.17) is 23.2 Å². The largest absolute Gasteiger partial charge is 0.505 e. The smallest absolute Gasteiger partial charge is 0.152 e. The van der Waals surface area contributed by atoms with E-state index in [0.717, 1.165) is 10.0 Å². The summed E-state index contributed by atoms with van der Waals surface area (Å²) in [6, 6.07) is 7.55. The number of hydrogen-bond donors (Lipinski definition) is 2. The van der Waals surface area contributed by atoms with Crippen LogP contribution in [-0.4, -0.2) is 5.11 Å². The summed E-state index contributed by atoms with van der Waals surface area (Å²) >= 11 is 15.0. The normalized spacial score (nSPS) is 10.5. The van der Waals surface area contributed by atoms with Crippen molar-refractivity contribution in [1.29, 1.82) is 0 Å². The Morgan fingerprint density at radius 2 is 1.79 bits per heavy atom. The minimum absolute atomic E-state index is 0.152. The van der Waals surface area contributed by atoms with Crippen molar-refractivity contribution >= 4 is 44.8 Å². The van der Waals surface area contributed by atoms with E-state index >= 15 is 0 Å². The summed E-state index contributed by atoms with van der Waals surface area (Å²) in [7, 11) is 0. The molecule has 0 heterocycles. The van der Waals surface area contributed by atoms with Crippen LogP contribution in [0.25, 0.3) is 0 Å². The van der Waals surface area contributed by atoms with E-state index in [2.05, 4.69) is 21.2 Å². The van der Waals surface area contributed by atoms with E-state index in [1.54, 1.807) is 18.2 Å². The number of benzene rings is 2. The lowest BCUT2D eigenvalue weighted by atomic mass is 10.2.